The molecule has 2 N–H and O–H groups in total. The summed E-state index contributed by atoms with van der Waals surface area (Å²) in [6.07, 6.45) is 1.48. The quantitative estimate of drug-likeness (QED) is 0.826. The molecular weight excluding hydrogens is 208 g/mol. The van der Waals surface area contributed by atoms with Crippen LogP contribution in [0.1, 0.15) is 18.7 Å². The van der Waals surface area contributed by atoms with Crippen LogP contribution >= 0.6 is 11.5 Å². The molecule has 0 aliphatic rings. The Morgan fingerprint density at radius 3 is 2.62 bits per heavy atom. The molecule has 4 nitrogen and oxygen atoms in total. The molecule has 0 aromatic carbocycles. The second-order valence-corrected chi connectivity index (χ2v) is 6.50. The van der Waals surface area contributed by atoms with Gasteiger partial charge in [0.25, 0.3) is 0 Å². The van der Waals surface area contributed by atoms with Crippen molar-refractivity contribution >= 4 is 27.1 Å². The lowest BCUT2D eigenvalue weighted by Gasteiger charge is -2.05. The standard InChI is InChI=1S/C7H12N2O2S2/c1-5(2)13(10,11)4-7-6(8)3-9-12-7/h3,5H,4,8H2,1-2H3. The van der Waals surface area contributed by atoms with Gasteiger partial charge >= 0.3 is 0 Å². The summed E-state index contributed by atoms with van der Waals surface area (Å²) < 4.78 is 26.8. The van der Waals surface area contributed by atoms with E-state index >= 15 is 0 Å². The third-order valence-corrected chi connectivity index (χ3v) is 4.85. The summed E-state index contributed by atoms with van der Waals surface area (Å²) in [6.45, 7) is 3.32. The minimum atomic E-state index is -3.05. The zero-order valence-corrected chi connectivity index (χ0v) is 9.15. The van der Waals surface area contributed by atoms with Gasteiger partial charge < -0.3 is 5.73 Å². The van der Waals surface area contributed by atoms with Crippen LogP contribution in [0.15, 0.2) is 6.20 Å². The first-order chi connectivity index (χ1) is 5.93. The average molecular weight is 220 g/mol. The highest BCUT2D eigenvalue weighted by molar-refractivity contribution is 7.91. The maximum absolute atomic E-state index is 11.5. The zero-order valence-electron chi connectivity index (χ0n) is 7.52. The number of nitrogen functional groups attached to an aromatic ring is 1. The molecule has 0 bridgehead atoms. The molecule has 1 heterocycles. The molecule has 0 aliphatic carbocycles. The largest absolute Gasteiger partial charge is 0.396 e. The van der Waals surface area contributed by atoms with Gasteiger partial charge in [0, 0.05) is 0 Å². The normalized spacial score (nSPS) is 12.2. The number of aromatic nitrogens is 1. The zero-order chi connectivity index (χ0) is 10.1. The van der Waals surface area contributed by atoms with Crippen LogP contribution in [-0.2, 0) is 15.6 Å². The Morgan fingerprint density at radius 1 is 1.62 bits per heavy atom. The van der Waals surface area contributed by atoms with E-state index in [0.717, 1.165) is 11.5 Å². The second kappa shape index (κ2) is 3.63. The van der Waals surface area contributed by atoms with E-state index in [1.54, 1.807) is 13.8 Å². The van der Waals surface area contributed by atoms with Crippen molar-refractivity contribution in [2.75, 3.05) is 5.73 Å². The maximum Gasteiger partial charge on any atom is 0.157 e. The third-order valence-electron chi connectivity index (χ3n) is 1.73. The predicted octanol–water partition coefficient (Wildman–Crippen LogP) is 1.05. The molecule has 1 rings (SSSR count). The lowest BCUT2D eigenvalue weighted by Crippen LogP contribution is -2.15. The van der Waals surface area contributed by atoms with Crippen LogP contribution in [0.4, 0.5) is 5.69 Å². The number of sulfone groups is 1. The van der Waals surface area contributed by atoms with Crippen LogP contribution in [0.2, 0.25) is 0 Å². The van der Waals surface area contributed by atoms with Crippen molar-refractivity contribution in [3.8, 4) is 0 Å². The summed E-state index contributed by atoms with van der Waals surface area (Å²) in [5.74, 6) is 0.00116. The first kappa shape index (κ1) is 10.5. The minimum Gasteiger partial charge on any atom is -0.396 e. The molecule has 0 aliphatic heterocycles. The van der Waals surface area contributed by atoms with Crippen molar-refractivity contribution in [2.24, 2.45) is 0 Å². The first-order valence-corrected chi connectivity index (χ1v) is 6.33. The lowest BCUT2D eigenvalue weighted by molar-refractivity contribution is 0.587. The van der Waals surface area contributed by atoms with E-state index in [4.69, 9.17) is 5.73 Å². The first-order valence-electron chi connectivity index (χ1n) is 3.84. The number of hydrogen-bond donors (Lipinski definition) is 1. The van der Waals surface area contributed by atoms with Gasteiger partial charge in [0.2, 0.25) is 0 Å². The molecule has 0 saturated heterocycles. The highest BCUT2D eigenvalue weighted by Crippen LogP contribution is 2.20. The van der Waals surface area contributed by atoms with E-state index in [1.807, 2.05) is 0 Å². The van der Waals surface area contributed by atoms with Gasteiger partial charge in [-0.3, -0.25) is 0 Å². The third kappa shape index (κ3) is 2.41. The molecule has 0 spiro atoms. The van der Waals surface area contributed by atoms with Crippen molar-refractivity contribution < 1.29 is 8.42 Å². The predicted molar refractivity (Wildman–Crippen MR) is 54.3 cm³/mol. The van der Waals surface area contributed by atoms with Gasteiger partial charge in [0.05, 0.1) is 27.8 Å². The summed E-state index contributed by atoms with van der Waals surface area (Å²) in [6, 6.07) is 0. The molecule has 6 heteroatoms. The molecule has 0 unspecified atom stereocenters. The fraction of sp³-hybridized carbons (Fsp3) is 0.571. The SMILES string of the molecule is CC(C)S(=O)(=O)Cc1sncc1N. The summed E-state index contributed by atoms with van der Waals surface area (Å²) in [5, 5.41) is -0.367. The van der Waals surface area contributed by atoms with Crippen LogP contribution in [0, 0.1) is 0 Å². The highest BCUT2D eigenvalue weighted by Gasteiger charge is 2.19. The molecule has 1 aromatic rings. The monoisotopic (exact) mass is 220 g/mol. The van der Waals surface area contributed by atoms with Crippen LogP contribution in [0.3, 0.4) is 0 Å². The van der Waals surface area contributed by atoms with Crippen LogP contribution < -0.4 is 5.73 Å². The Balaban J connectivity index is 2.88. The summed E-state index contributed by atoms with van der Waals surface area (Å²) in [4.78, 5) is 0.633. The Bertz CT molecular complexity index is 381. The smallest absolute Gasteiger partial charge is 0.157 e. The van der Waals surface area contributed by atoms with E-state index in [-0.39, 0.29) is 11.0 Å². The van der Waals surface area contributed by atoms with E-state index in [1.165, 1.54) is 6.20 Å². The van der Waals surface area contributed by atoms with E-state index in [0.29, 0.717) is 10.6 Å². The number of nitrogens with two attached hydrogens (primary N) is 1. The summed E-state index contributed by atoms with van der Waals surface area (Å²) in [7, 11) is -3.05. The van der Waals surface area contributed by atoms with Crippen LogP contribution in [0.25, 0.3) is 0 Å². The lowest BCUT2D eigenvalue weighted by atomic mass is 10.5. The highest BCUT2D eigenvalue weighted by atomic mass is 32.2. The van der Waals surface area contributed by atoms with Gasteiger partial charge in [-0.15, -0.1) is 0 Å². The molecule has 0 radical (unpaired) electrons. The number of nitrogens with zero attached hydrogens (tertiary/aromatic N) is 1. The van der Waals surface area contributed by atoms with Gasteiger partial charge in [0.1, 0.15) is 0 Å². The van der Waals surface area contributed by atoms with Gasteiger partial charge in [-0.2, -0.15) is 4.37 Å². The topological polar surface area (TPSA) is 73.0 Å². The molecule has 0 fully saturated rings. The van der Waals surface area contributed by atoms with Crippen molar-refractivity contribution in [3.63, 3.8) is 0 Å². The minimum absolute atomic E-state index is 0.00116. The van der Waals surface area contributed by atoms with Gasteiger partial charge in [0.15, 0.2) is 9.84 Å². The molecule has 0 amide bonds. The summed E-state index contributed by atoms with van der Waals surface area (Å²) in [5.41, 5.74) is 6.00. The number of rotatable bonds is 3. The van der Waals surface area contributed by atoms with Crippen LogP contribution in [-0.4, -0.2) is 18.0 Å². The van der Waals surface area contributed by atoms with E-state index in [9.17, 15) is 8.42 Å². The van der Waals surface area contributed by atoms with Crippen molar-refractivity contribution in [1.29, 1.82) is 0 Å². The van der Waals surface area contributed by atoms with E-state index in [2.05, 4.69) is 4.37 Å². The van der Waals surface area contributed by atoms with Crippen molar-refractivity contribution in [1.82, 2.24) is 4.37 Å². The Morgan fingerprint density at radius 2 is 2.23 bits per heavy atom. The van der Waals surface area contributed by atoms with Crippen molar-refractivity contribution in [2.45, 2.75) is 24.9 Å². The average Bonchev–Trinajstić information content (AvgIpc) is 2.35. The molecule has 0 saturated carbocycles. The Kier molecular flexibility index (Phi) is 2.92. The molecule has 0 atom stereocenters. The fourth-order valence-electron chi connectivity index (χ4n) is 0.731. The maximum atomic E-state index is 11.5. The summed E-state index contributed by atoms with van der Waals surface area (Å²) >= 11 is 1.14. The van der Waals surface area contributed by atoms with Gasteiger partial charge in [-0.1, -0.05) is 0 Å². The Hall–Kier alpha value is -0.620. The molecular formula is C7H12N2O2S2. The van der Waals surface area contributed by atoms with Crippen LogP contribution in [0.5, 0.6) is 0 Å². The molecule has 13 heavy (non-hydrogen) atoms. The molecule has 1 aromatic heterocycles. The number of anilines is 1. The number of hydrogen-bond acceptors (Lipinski definition) is 5. The second-order valence-electron chi connectivity index (χ2n) is 3.06. The van der Waals surface area contributed by atoms with E-state index < -0.39 is 9.84 Å². The van der Waals surface area contributed by atoms with Crippen molar-refractivity contribution in [3.05, 3.63) is 11.1 Å². The fourth-order valence-corrected chi connectivity index (χ4v) is 2.75. The van der Waals surface area contributed by atoms with Gasteiger partial charge in [-0.25, -0.2) is 8.42 Å². The molecule has 74 valence electrons. The van der Waals surface area contributed by atoms with Gasteiger partial charge in [-0.05, 0) is 25.4 Å². The Labute approximate surface area is 81.9 Å².